The largest absolute Gasteiger partial charge is 0.574 e. The molecule has 0 radical (unpaired) electrons. The Morgan fingerprint density at radius 2 is 2.15 bits per heavy atom. The first kappa shape index (κ1) is 16.0. The van der Waals surface area contributed by atoms with Crippen LogP contribution in [-0.2, 0) is 22.5 Å². The van der Waals surface area contributed by atoms with Gasteiger partial charge in [-0.25, -0.2) is 4.98 Å². The summed E-state index contributed by atoms with van der Waals surface area (Å²) < 4.78 is 44.5. The maximum Gasteiger partial charge on any atom is 0.574 e. The van der Waals surface area contributed by atoms with Crippen LogP contribution in [0, 0.1) is 0 Å². The maximum atomic E-state index is 12.1. The van der Waals surface area contributed by atoms with Crippen LogP contribution in [0.5, 0.6) is 11.6 Å². The zero-order valence-corrected chi connectivity index (χ0v) is 10.5. The first-order valence-electron chi connectivity index (χ1n) is 5.60. The number of hydrogen-bond donors (Lipinski definition) is 2. The minimum atomic E-state index is -4.99. The molecule has 112 valence electrons. The Bertz CT molecular complexity index is 491. The summed E-state index contributed by atoms with van der Waals surface area (Å²) in [5.41, 5.74) is 5.54. The van der Waals surface area contributed by atoms with Gasteiger partial charge in [0.2, 0.25) is 0 Å². The average Bonchev–Trinajstić information content (AvgIpc) is 2.31. The molecule has 0 saturated heterocycles. The Morgan fingerprint density at radius 1 is 1.50 bits per heavy atom. The molecule has 3 N–H and O–H groups in total. The third-order valence-electron chi connectivity index (χ3n) is 2.18. The molecular formula is C11H13F3N2O4. The molecule has 0 bridgehead atoms. The fraction of sp³-hybridized carbons (Fsp3) is 0.455. The number of carbonyl (C=O) groups is 1. The van der Waals surface area contributed by atoms with E-state index >= 15 is 0 Å². The number of nitrogens with zero attached hydrogens (tertiary/aromatic N) is 1. The summed E-state index contributed by atoms with van der Waals surface area (Å²) in [6.07, 6.45) is -5.24. The zero-order valence-electron chi connectivity index (χ0n) is 10.5. The van der Waals surface area contributed by atoms with Gasteiger partial charge in [-0.1, -0.05) is 0 Å². The van der Waals surface area contributed by atoms with Crippen molar-refractivity contribution in [1.29, 1.82) is 0 Å². The molecule has 6 nitrogen and oxygen atoms in total. The van der Waals surface area contributed by atoms with Crippen LogP contribution in [0.1, 0.15) is 18.2 Å². The molecule has 0 fully saturated rings. The van der Waals surface area contributed by atoms with E-state index in [2.05, 4.69) is 9.72 Å². The second-order valence-corrected chi connectivity index (χ2v) is 3.65. The van der Waals surface area contributed by atoms with Crippen molar-refractivity contribution >= 4 is 5.97 Å². The monoisotopic (exact) mass is 294 g/mol. The van der Waals surface area contributed by atoms with Gasteiger partial charge < -0.3 is 20.3 Å². The van der Waals surface area contributed by atoms with Crippen molar-refractivity contribution < 1.29 is 32.5 Å². The zero-order chi connectivity index (χ0) is 15.3. The van der Waals surface area contributed by atoms with E-state index in [1.807, 2.05) is 0 Å². The van der Waals surface area contributed by atoms with Crippen molar-refractivity contribution in [3.8, 4) is 11.6 Å². The number of carbonyl (C=O) groups excluding carboxylic acids is 1. The second kappa shape index (κ2) is 6.42. The highest BCUT2D eigenvalue weighted by molar-refractivity contribution is 5.73. The van der Waals surface area contributed by atoms with Gasteiger partial charge in [-0.15, -0.1) is 13.2 Å². The topological polar surface area (TPSA) is 94.7 Å². The van der Waals surface area contributed by atoms with Gasteiger partial charge in [0.25, 0.3) is 5.88 Å². The molecule has 9 heteroatoms. The van der Waals surface area contributed by atoms with Gasteiger partial charge in [-0.05, 0) is 18.6 Å². The molecule has 1 aromatic heterocycles. The number of nitrogens with two attached hydrogens (primary N) is 1. The number of rotatable bonds is 5. The quantitative estimate of drug-likeness (QED) is 0.794. The first-order valence-corrected chi connectivity index (χ1v) is 5.60. The van der Waals surface area contributed by atoms with E-state index in [0.29, 0.717) is 0 Å². The summed E-state index contributed by atoms with van der Waals surface area (Å²) in [6, 6.07) is 0.952. The normalized spacial score (nSPS) is 11.2. The minimum Gasteiger partial charge on any atom is -0.503 e. The van der Waals surface area contributed by atoms with E-state index in [0.717, 1.165) is 6.07 Å². The molecule has 0 aromatic carbocycles. The van der Waals surface area contributed by atoms with E-state index in [9.17, 15) is 23.1 Å². The van der Waals surface area contributed by atoms with Crippen LogP contribution in [-0.4, -0.2) is 29.0 Å². The lowest BCUT2D eigenvalue weighted by atomic mass is 10.1. The van der Waals surface area contributed by atoms with Gasteiger partial charge in [0.05, 0.1) is 18.7 Å². The van der Waals surface area contributed by atoms with E-state index in [1.165, 1.54) is 0 Å². The summed E-state index contributed by atoms with van der Waals surface area (Å²) in [4.78, 5) is 14.8. The summed E-state index contributed by atoms with van der Waals surface area (Å²) in [5, 5.41) is 9.44. The number of alkyl halides is 3. The molecule has 1 heterocycles. The molecule has 0 amide bonds. The molecular weight excluding hydrogens is 281 g/mol. The predicted molar refractivity (Wildman–Crippen MR) is 60.8 cm³/mol. The van der Waals surface area contributed by atoms with Crippen molar-refractivity contribution in [2.45, 2.75) is 26.3 Å². The summed E-state index contributed by atoms with van der Waals surface area (Å²) in [5.74, 6) is -2.45. The van der Waals surface area contributed by atoms with Crippen molar-refractivity contribution in [2.75, 3.05) is 6.61 Å². The van der Waals surface area contributed by atoms with Gasteiger partial charge in [0.1, 0.15) is 0 Å². The van der Waals surface area contributed by atoms with Crippen molar-refractivity contribution in [1.82, 2.24) is 4.98 Å². The SMILES string of the molecule is CCOC(=O)Cc1cc(O)c(OC(F)(F)F)nc1CN. The van der Waals surface area contributed by atoms with Gasteiger partial charge in [0, 0.05) is 6.54 Å². The summed E-state index contributed by atoms with van der Waals surface area (Å²) >= 11 is 0. The van der Waals surface area contributed by atoms with Crippen LogP contribution in [0.25, 0.3) is 0 Å². The fourth-order valence-electron chi connectivity index (χ4n) is 1.44. The molecule has 20 heavy (non-hydrogen) atoms. The Balaban J connectivity index is 3.04. The average molecular weight is 294 g/mol. The van der Waals surface area contributed by atoms with Crippen LogP contribution < -0.4 is 10.5 Å². The molecule has 0 aliphatic heterocycles. The van der Waals surface area contributed by atoms with Crippen molar-refractivity contribution in [2.24, 2.45) is 5.73 Å². The van der Waals surface area contributed by atoms with E-state index in [1.54, 1.807) is 6.92 Å². The van der Waals surface area contributed by atoms with E-state index in [4.69, 9.17) is 10.5 Å². The predicted octanol–water partition coefficient (Wildman–Crippen LogP) is 1.25. The van der Waals surface area contributed by atoms with Gasteiger partial charge in [-0.3, -0.25) is 4.79 Å². The van der Waals surface area contributed by atoms with E-state index < -0.39 is 24.0 Å². The third kappa shape index (κ3) is 4.57. The molecule has 0 saturated carbocycles. The lowest BCUT2D eigenvalue weighted by Gasteiger charge is -2.13. The Hall–Kier alpha value is -2.03. The molecule has 0 atom stereocenters. The molecule has 1 rings (SSSR count). The minimum absolute atomic E-state index is 0.00935. The summed E-state index contributed by atoms with van der Waals surface area (Å²) in [6.45, 7) is 1.55. The number of hydrogen-bond acceptors (Lipinski definition) is 6. The highest BCUT2D eigenvalue weighted by Crippen LogP contribution is 2.31. The molecule has 0 aliphatic rings. The van der Waals surface area contributed by atoms with E-state index in [-0.39, 0.29) is 30.8 Å². The Morgan fingerprint density at radius 3 is 2.65 bits per heavy atom. The van der Waals surface area contributed by atoms with Gasteiger partial charge in [-0.2, -0.15) is 0 Å². The smallest absolute Gasteiger partial charge is 0.503 e. The van der Waals surface area contributed by atoms with Crippen LogP contribution >= 0.6 is 0 Å². The van der Waals surface area contributed by atoms with Crippen molar-refractivity contribution in [3.63, 3.8) is 0 Å². The third-order valence-corrected chi connectivity index (χ3v) is 2.18. The standard InChI is InChI=1S/C11H13F3N2O4/c1-2-19-9(18)4-6-3-8(17)10(16-7(6)5-15)20-11(12,13)14/h3,17H,2,4-5,15H2,1H3. The van der Waals surface area contributed by atoms with Crippen molar-refractivity contribution in [3.05, 3.63) is 17.3 Å². The molecule has 0 aliphatic carbocycles. The number of ether oxygens (including phenoxy) is 2. The molecule has 1 aromatic rings. The second-order valence-electron chi connectivity index (χ2n) is 3.65. The number of aromatic nitrogens is 1. The van der Waals surface area contributed by atoms with Gasteiger partial charge >= 0.3 is 12.3 Å². The number of pyridine rings is 1. The highest BCUT2D eigenvalue weighted by Gasteiger charge is 2.33. The lowest BCUT2D eigenvalue weighted by Crippen LogP contribution is -2.19. The first-order chi connectivity index (χ1) is 9.26. The molecule has 0 spiro atoms. The lowest BCUT2D eigenvalue weighted by molar-refractivity contribution is -0.276. The Labute approximate surface area is 112 Å². The van der Waals surface area contributed by atoms with Gasteiger partial charge in [0.15, 0.2) is 5.75 Å². The fourth-order valence-corrected chi connectivity index (χ4v) is 1.44. The van der Waals surface area contributed by atoms with Crippen LogP contribution in [0.4, 0.5) is 13.2 Å². The van der Waals surface area contributed by atoms with Crippen LogP contribution in [0.2, 0.25) is 0 Å². The maximum absolute atomic E-state index is 12.1. The van der Waals surface area contributed by atoms with Crippen LogP contribution in [0.3, 0.4) is 0 Å². The Kier molecular flexibility index (Phi) is 5.14. The number of halogens is 3. The number of esters is 1. The summed E-state index contributed by atoms with van der Waals surface area (Å²) in [7, 11) is 0. The molecule has 0 unspecified atom stereocenters. The van der Waals surface area contributed by atoms with Crippen LogP contribution in [0.15, 0.2) is 6.07 Å². The number of aromatic hydroxyl groups is 1. The highest BCUT2D eigenvalue weighted by atomic mass is 19.4.